The molecule has 1 aromatic rings. The molecule has 0 bridgehead atoms. The normalized spacial score (nSPS) is 17.8. The summed E-state index contributed by atoms with van der Waals surface area (Å²) >= 11 is 0. The molecule has 1 aromatic carbocycles. The molecule has 1 unspecified atom stereocenters. The third kappa shape index (κ3) is 14.2. The van der Waals surface area contributed by atoms with Gasteiger partial charge in [0.1, 0.15) is 35.9 Å². The van der Waals surface area contributed by atoms with Gasteiger partial charge >= 0.3 is 0 Å². The summed E-state index contributed by atoms with van der Waals surface area (Å²) in [7, 11) is 0. The van der Waals surface area contributed by atoms with Crippen molar-refractivity contribution >= 4 is 47.2 Å². The van der Waals surface area contributed by atoms with Crippen LogP contribution < -0.4 is 38.9 Å². The number of amides is 6. The van der Waals surface area contributed by atoms with Crippen LogP contribution in [0.3, 0.4) is 0 Å². The van der Waals surface area contributed by atoms with Gasteiger partial charge in [-0.2, -0.15) is 0 Å². The fraction of sp³-hybridized carbons (Fsp3) is 0.667. The van der Waals surface area contributed by atoms with Gasteiger partial charge in [0.05, 0.1) is 0 Å². The van der Waals surface area contributed by atoms with Crippen molar-refractivity contribution < 1.29 is 28.8 Å². The number of hydrogen-bond acceptors (Lipinski definition) is 8. The number of nitrogen functional groups attached to an aromatic ring is 1. The highest BCUT2D eigenvalue weighted by Gasteiger charge is 2.40. The second kappa shape index (κ2) is 22.8. The van der Waals surface area contributed by atoms with Crippen molar-refractivity contribution in [1.29, 1.82) is 5.41 Å². The number of primary amides is 1. The molecule has 1 aliphatic carbocycles. The average Bonchev–Trinajstić information content (AvgIpc) is 3.67. The highest BCUT2D eigenvalue weighted by atomic mass is 16.2. The number of aliphatic imine (C=N–C) groups is 1. The minimum atomic E-state index is -1.20. The number of nitrogens with two attached hydrogens (primary N) is 4. The van der Waals surface area contributed by atoms with Gasteiger partial charge in [-0.25, -0.2) is 0 Å². The van der Waals surface area contributed by atoms with Crippen LogP contribution in [0.2, 0.25) is 0 Å². The van der Waals surface area contributed by atoms with Gasteiger partial charge < -0.3 is 48.7 Å². The smallest absolute Gasteiger partial charge is 0.245 e. The number of carbonyl (C=O) groups excluding carboxylic acids is 6. The summed E-state index contributed by atoms with van der Waals surface area (Å²) in [5, 5.41) is 16.5. The van der Waals surface area contributed by atoms with Crippen LogP contribution in [-0.2, 0) is 35.2 Å². The molecule has 59 heavy (non-hydrogen) atoms. The van der Waals surface area contributed by atoms with Crippen LogP contribution in [0.4, 0.5) is 0 Å². The standard InChI is InChI=1S/C42H69N11O6/c1-24(2)22-32(41(59)52-21-11-15-33(52)36(45)54)50-38(56)31(14-10-20-48-42(46)47)49-39(57)34(28-12-8-7-9-13-28)51-37(55)30(40(58)53(25(3)4)26(5)6)23-27-16-18-29(19-17-27)35(43)44/h16-19,24-26,28,30-34H,7-15,20-23H2,1-6H3,(H3,43,44)(H2,45,54)(H,49,57)(H,50,56)(H,51,55)(H4,46,47,48)/t30?,31-,32-,33-,34-/m0/s1. The molecule has 6 amide bonds. The molecule has 0 aromatic heterocycles. The van der Waals surface area contributed by atoms with Gasteiger partial charge in [-0.3, -0.25) is 39.2 Å². The van der Waals surface area contributed by atoms with Crippen molar-refractivity contribution in [3.05, 3.63) is 35.4 Å². The second-order valence-corrected chi connectivity index (χ2v) is 17.0. The lowest BCUT2D eigenvalue weighted by molar-refractivity contribution is -0.146. The predicted octanol–water partition coefficient (Wildman–Crippen LogP) is 1.39. The van der Waals surface area contributed by atoms with E-state index in [0.717, 1.165) is 19.3 Å². The van der Waals surface area contributed by atoms with E-state index >= 15 is 0 Å². The minimum absolute atomic E-state index is 0.00951. The molecule has 2 fully saturated rings. The summed E-state index contributed by atoms with van der Waals surface area (Å²) in [6.45, 7) is 11.8. The zero-order chi connectivity index (χ0) is 44.0. The lowest BCUT2D eigenvalue weighted by atomic mass is 9.83. The van der Waals surface area contributed by atoms with Crippen molar-refractivity contribution in [2.45, 2.75) is 148 Å². The minimum Gasteiger partial charge on any atom is -0.384 e. The Balaban J connectivity index is 1.97. The number of guanidine groups is 1. The zero-order valence-corrected chi connectivity index (χ0v) is 35.8. The molecule has 2 aliphatic rings. The van der Waals surface area contributed by atoms with Gasteiger partial charge in [0.15, 0.2) is 5.96 Å². The van der Waals surface area contributed by atoms with Crippen LogP contribution >= 0.6 is 0 Å². The van der Waals surface area contributed by atoms with Crippen LogP contribution in [0.1, 0.15) is 117 Å². The van der Waals surface area contributed by atoms with Crippen molar-refractivity contribution in [2.24, 2.45) is 45.7 Å². The highest BCUT2D eigenvalue weighted by Crippen LogP contribution is 2.28. The Morgan fingerprint density at radius 2 is 1.41 bits per heavy atom. The Kier molecular flexibility index (Phi) is 18.6. The first-order valence-corrected chi connectivity index (χ1v) is 21.1. The predicted molar refractivity (Wildman–Crippen MR) is 227 cm³/mol. The molecule has 0 spiro atoms. The van der Waals surface area contributed by atoms with E-state index in [9.17, 15) is 28.8 Å². The first kappa shape index (κ1) is 48.2. The van der Waals surface area contributed by atoms with E-state index in [4.69, 9.17) is 28.3 Å². The molecule has 12 N–H and O–H groups in total. The number of carbonyl (C=O) groups is 6. The molecule has 3 rings (SSSR count). The van der Waals surface area contributed by atoms with Crippen LogP contribution in [0.25, 0.3) is 0 Å². The summed E-state index contributed by atoms with van der Waals surface area (Å²) in [5.74, 6) is -4.95. The summed E-state index contributed by atoms with van der Waals surface area (Å²) in [6.07, 6.45) is 5.71. The van der Waals surface area contributed by atoms with Crippen LogP contribution in [0.5, 0.6) is 0 Å². The molecule has 17 heteroatoms. The Bertz CT molecular complexity index is 1650. The molecular weight excluding hydrogens is 755 g/mol. The molecule has 17 nitrogen and oxygen atoms in total. The van der Waals surface area contributed by atoms with Crippen molar-refractivity contribution in [3.63, 3.8) is 0 Å². The first-order valence-electron chi connectivity index (χ1n) is 21.1. The second-order valence-electron chi connectivity index (χ2n) is 17.0. The van der Waals surface area contributed by atoms with Gasteiger partial charge in [-0.15, -0.1) is 0 Å². The van der Waals surface area contributed by atoms with Crippen molar-refractivity contribution in [3.8, 4) is 0 Å². The topological polar surface area (TPSA) is 285 Å². The molecule has 1 saturated heterocycles. The number of likely N-dealkylation sites (tertiary alicyclic amines) is 1. The number of nitrogens with zero attached hydrogens (tertiary/aromatic N) is 3. The SMILES string of the molecule is CC(C)C[C@H](NC(=O)[C@H](CCCN=C(N)N)NC(=O)[C@@H](NC(=O)C(Cc1ccc(C(=N)N)cc1)C(=O)N(C(C)C)C(C)C)C1CCCCC1)C(=O)N1CCC[C@H]1C(N)=O. The van der Waals surface area contributed by atoms with E-state index < -0.39 is 59.6 Å². The van der Waals surface area contributed by atoms with Gasteiger partial charge in [-0.05, 0) is 96.5 Å². The molecule has 0 radical (unpaired) electrons. The average molecular weight is 824 g/mol. The number of hydrogen-bond donors (Lipinski definition) is 8. The fourth-order valence-electron chi connectivity index (χ4n) is 8.28. The Labute approximate surface area is 349 Å². The number of rotatable bonds is 21. The maximum Gasteiger partial charge on any atom is 0.245 e. The lowest BCUT2D eigenvalue weighted by Gasteiger charge is -2.35. The summed E-state index contributed by atoms with van der Waals surface area (Å²) in [6, 6.07) is 2.36. The van der Waals surface area contributed by atoms with Gasteiger partial charge in [0.25, 0.3) is 0 Å². The Morgan fingerprint density at radius 1 is 0.797 bits per heavy atom. The fourth-order valence-corrected chi connectivity index (χ4v) is 8.28. The Hall–Kier alpha value is -5.22. The quantitative estimate of drug-likeness (QED) is 0.0384. The maximum atomic E-state index is 14.5. The van der Waals surface area contributed by atoms with Gasteiger partial charge in [0, 0.05) is 30.7 Å². The van der Waals surface area contributed by atoms with Crippen LogP contribution in [0, 0.1) is 23.2 Å². The maximum absolute atomic E-state index is 14.5. The number of nitrogens with one attached hydrogen (secondary N) is 4. The monoisotopic (exact) mass is 824 g/mol. The molecule has 1 aliphatic heterocycles. The first-order chi connectivity index (χ1) is 27.8. The van der Waals surface area contributed by atoms with Crippen molar-refractivity contribution in [2.75, 3.05) is 13.1 Å². The third-order valence-electron chi connectivity index (χ3n) is 11.2. The van der Waals surface area contributed by atoms with E-state index in [1.165, 1.54) is 4.90 Å². The van der Waals surface area contributed by atoms with Crippen LogP contribution in [0.15, 0.2) is 29.3 Å². The molecule has 328 valence electrons. The summed E-state index contributed by atoms with van der Waals surface area (Å²) in [4.78, 5) is 90.7. The van der Waals surface area contributed by atoms with E-state index in [1.807, 2.05) is 41.5 Å². The third-order valence-corrected chi connectivity index (χ3v) is 11.2. The number of amidine groups is 1. The molecule has 1 heterocycles. The number of benzene rings is 1. The molecular formula is C42H69N11O6. The Morgan fingerprint density at radius 3 is 1.95 bits per heavy atom. The zero-order valence-electron chi connectivity index (χ0n) is 35.8. The van der Waals surface area contributed by atoms with Gasteiger partial charge in [0.2, 0.25) is 35.4 Å². The lowest BCUT2D eigenvalue weighted by Crippen LogP contribution is -2.60. The van der Waals surface area contributed by atoms with E-state index in [-0.39, 0.29) is 67.4 Å². The van der Waals surface area contributed by atoms with Gasteiger partial charge in [-0.1, -0.05) is 57.4 Å². The summed E-state index contributed by atoms with van der Waals surface area (Å²) in [5.41, 5.74) is 23.5. The van der Waals surface area contributed by atoms with Crippen LogP contribution in [-0.4, -0.2) is 106 Å². The molecule has 1 saturated carbocycles. The highest BCUT2D eigenvalue weighted by molar-refractivity contribution is 6.03. The summed E-state index contributed by atoms with van der Waals surface area (Å²) < 4.78 is 0. The van der Waals surface area contributed by atoms with E-state index in [2.05, 4.69) is 20.9 Å². The largest absolute Gasteiger partial charge is 0.384 e. The molecule has 5 atom stereocenters. The van der Waals surface area contributed by atoms with E-state index in [1.54, 1.807) is 29.2 Å². The van der Waals surface area contributed by atoms with Crippen molar-refractivity contribution in [1.82, 2.24) is 25.8 Å². The van der Waals surface area contributed by atoms with E-state index in [0.29, 0.717) is 49.8 Å².